The minimum absolute atomic E-state index is 0. The van der Waals surface area contributed by atoms with E-state index in [4.69, 9.17) is 16.3 Å². The Morgan fingerprint density at radius 3 is 2.77 bits per heavy atom. The summed E-state index contributed by atoms with van der Waals surface area (Å²) in [4.78, 5) is 14.3. The average Bonchev–Trinajstić information content (AvgIpc) is 2.48. The van der Waals surface area contributed by atoms with Gasteiger partial charge in [0, 0.05) is 11.1 Å². The molecule has 0 aliphatic carbocycles. The van der Waals surface area contributed by atoms with Crippen molar-refractivity contribution in [3.05, 3.63) is 23.2 Å². The smallest absolute Gasteiger partial charge is 0.238 e. The molecule has 1 aliphatic heterocycles. The molecule has 1 fully saturated rings. The number of anilines is 1. The normalized spacial score (nSPS) is 15.3. The van der Waals surface area contributed by atoms with E-state index in [0.717, 1.165) is 25.9 Å². The predicted molar refractivity (Wildman–Crippen MR) is 92.4 cm³/mol. The van der Waals surface area contributed by atoms with Gasteiger partial charge in [0.25, 0.3) is 0 Å². The SMILES string of the molecule is COc1ccc(Cl)cc1NC(=O)CN(C)C1CCNCC1.Cl. The van der Waals surface area contributed by atoms with E-state index in [1.54, 1.807) is 25.3 Å². The zero-order valence-corrected chi connectivity index (χ0v) is 14.5. The number of hydrogen-bond acceptors (Lipinski definition) is 4. The molecule has 1 heterocycles. The summed E-state index contributed by atoms with van der Waals surface area (Å²) in [6.45, 7) is 2.39. The maximum absolute atomic E-state index is 12.2. The highest BCUT2D eigenvalue weighted by Crippen LogP contribution is 2.27. The number of likely N-dealkylation sites (N-methyl/N-ethyl adjacent to an activating group) is 1. The molecule has 1 aromatic rings. The van der Waals surface area contributed by atoms with Gasteiger partial charge in [0.05, 0.1) is 19.3 Å². The van der Waals surface area contributed by atoms with Crippen LogP contribution in [0.25, 0.3) is 0 Å². The molecule has 0 spiro atoms. The van der Waals surface area contributed by atoms with Gasteiger partial charge in [0.1, 0.15) is 5.75 Å². The molecule has 0 bridgehead atoms. The molecule has 0 saturated carbocycles. The number of halogens is 2. The van der Waals surface area contributed by atoms with E-state index in [1.165, 1.54) is 0 Å². The largest absolute Gasteiger partial charge is 0.495 e. The van der Waals surface area contributed by atoms with Gasteiger partial charge in [-0.3, -0.25) is 9.69 Å². The third-order valence-corrected chi connectivity index (χ3v) is 4.00. The summed E-state index contributed by atoms with van der Waals surface area (Å²) >= 11 is 5.96. The second-order valence-electron chi connectivity index (χ2n) is 5.29. The Morgan fingerprint density at radius 1 is 1.45 bits per heavy atom. The van der Waals surface area contributed by atoms with Crippen molar-refractivity contribution in [3.63, 3.8) is 0 Å². The molecule has 7 heteroatoms. The molecule has 5 nitrogen and oxygen atoms in total. The van der Waals surface area contributed by atoms with E-state index in [0.29, 0.717) is 29.0 Å². The zero-order valence-electron chi connectivity index (χ0n) is 12.9. The van der Waals surface area contributed by atoms with Crippen LogP contribution in [0.2, 0.25) is 5.02 Å². The minimum Gasteiger partial charge on any atom is -0.495 e. The van der Waals surface area contributed by atoms with Crippen LogP contribution in [0, 0.1) is 0 Å². The highest BCUT2D eigenvalue weighted by atomic mass is 35.5. The van der Waals surface area contributed by atoms with Crippen LogP contribution >= 0.6 is 24.0 Å². The van der Waals surface area contributed by atoms with Gasteiger partial charge in [-0.1, -0.05) is 11.6 Å². The number of carbonyl (C=O) groups is 1. The molecule has 2 rings (SSSR count). The number of methoxy groups -OCH3 is 1. The third kappa shape index (κ3) is 5.32. The van der Waals surface area contributed by atoms with Gasteiger partial charge >= 0.3 is 0 Å². The molecule has 1 amide bonds. The molecule has 0 radical (unpaired) electrons. The van der Waals surface area contributed by atoms with E-state index in [2.05, 4.69) is 15.5 Å². The summed E-state index contributed by atoms with van der Waals surface area (Å²) in [7, 11) is 3.56. The van der Waals surface area contributed by atoms with Crippen LogP contribution in [0.3, 0.4) is 0 Å². The molecule has 124 valence electrons. The average molecular weight is 348 g/mol. The van der Waals surface area contributed by atoms with Crippen LogP contribution < -0.4 is 15.4 Å². The third-order valence-electron chi connectivity index (χ3n) is 3.76. The zero-order chi connectivity index (χ0) is 15.2. The fourth-order valence-electron chi connectivity index (χ4n) is 2.57. The lowest BCUT2D eigenvalue weighted by molar-refractivity contribution is -0.117. The highest BCUT2D eigenvalue weighted by Gasteiger charge is 2.20. The molecule has 0 atom stereocenters. The van der Waals surface area contributed by atoms with Crippen molar-refractivity contribution in [2.75, 3.05) is 39.1 Å². The van der Waals surface area contributed by atoms with Gasteiger partial charge in [-0.15, -0.1) is 12.4 Å². The van der Waals surface area contributed by atoms with Gasteiger partial charge in [-0.05, 0) is 51.2 Å². The molecule has 1 aromatic carbocycles. The van der Waals surface area contributed by atoms with Crippen LogP contribution in [0.5, 0.6) is 5.75 Å². The number of nitrogens with zero attached hydrogens (tertiary/aromatic N) is 1. The van der Waals surface area contributed by atoms with Crippen LogP contribution in [-0.4, -0.2) is 50.6 Å². The van der Waals surface area contributed by atoms with Crippen molar-refractivity contribution in [3.8, 4) is 5.75 Å². The molecule has 22 heavy (non-hydrogen) atoms. The summed E-state index contributed by atoms with van der Waals surface area (Å²) in [5.74, 6) is 0.550. The van der Waals surface area contributed by atoms with Crippen LogP contribution in [0.15, 0.2) is 18.2 Å². The Morgan fingerprint density at radius 2 is 2.14 bits per heavy atom. The topological polar surface area (TPSA) is 53.6 Å². The minimum atomic E-state index is -0.0587. The van der Waals surface area contributed by atoms with Gasteiger partial charge in [0.2, 0.25) is 5.91 Å². The maximum Gasteiger partial charge on any atom is 0.238 e. The van der Waals surface area contributed by atoms with Crippen molar-refractivity contribution in [1.82, 2.24) is 10.2 Å². The summed E-state index contributed by atoms with van der Waals surface area (Å²) in [5, 5.41) is 6.76. The Hall–Kier alpha value is -1.01. The first-order valence-electron chi connectivity index (χ1n) is 7.14. The van der Waals surface area contributed by atoms with Gasteiger partial charge in [-0.2, -0.15) is 0 Å². The second-order valence-corrected chi connectivity index (χ2v) is 5.73. The van der Waals surface area contributed by atoms with E-state index >= 15 is 0 Å². The number of benzene rings is 1. The monoisotopic (exact) mass is 347 g/mol. The van der Waals surface area contributed by atoms with E-state index < -0.39 is 0 Å². The molecule has 0 unspecified atom stereocenters. The number of hydrogen-bond donors (Lipinski definition) is 2. The first-order valence-corrected chi connectivity index (χ1v) is 7.52. The summed E-state index contributed by atoms with van der Waals surface area (Å²) in [5.41, 5.74) is 0.605. The molecule has 0 aromatic heterocycles. The van der Waals surface area contributed by atoms with E-state index in [9.17, 15) is 4.79 Å². The highest BCUT2D eigenvalue weighted by molar-refractivity contribution is 6.31. The lowest BCUT2D eigenvalue weighted by Crippen LogP contribution is -2.44. The number of amides is 1. The van der Waals surface area contributed by atoms with Crippen molar-refractivity contribution >= 4 is 35.6 Å². The van der Waals surface area contributed by atoms with E-state index in [-0.39, 0.29) is 18.3 Å². The first-order chi connectivity index (χ1) is 10.1. The first kappa shape index (κ1) is 19.0. The number of ether oxygens (including phenoxy) is 1. The lowest BCUT2D eigenvalue weighted by Gasteiger charge is -2.31. The standard InChI is InChI=1S/C15H22ClN3O2.ClH/c1-19(12-5-7-17-8-6-12)10-15(20)18-13-9-11(16)3-4-14(13)21-2;/h3-4,9,12,17H,5-8,10H2,1-2H3,(H,18,20);1H. The Labute approximate surface area is 142 Å². The molecular formula is C15H23Cl2N3O2. The lowest BCUT2D eigenvalue weighted by atomic mass is 10.1. The van der Waals surface area contributed by atoms with Crippen molar-refractivity contribution in [1.29, 1.82) is 0 Å². The van der Waals surface area contributed by atoms with Crippen molar-refractivity contribution < 1.29 is 9.53 Å². The maximum atomic E-state index is 12.2. The molecular weight excluding hydrogens is 325 g/mol. The number of nitrogens with one attached hydrogen (secondary N) is 2. The Bertz CT molecular complexity index is 494. The fourth-order valence-corrected chi connectivity index (χ4v) is 2.74. The van der Waals surface area contributed by atoms with Gasteiger partial charge in [0.15, 0.2) is 0 Å². The van der Waals surface area contributed by atoms with Crippen LogP contribution in [0.4, 0.5) is 5.69 Å². The van der Waals surface area contributed by atoms with E-state index in [1.807, 2.05) is 7.05 Å². The van der Waals surface area contributed by atoms with Crippen LogP contribution in [-0.2, 0) is 4.79 Å². The second kappa shape index (κ2) is 9.20. The molecule has 1 saturated heterocycles. The summed E-state index contributed by atoms with van der Waals surface area (Å²) in [6, 6.07) is 5.63. The molecule has 1 aliphatic rings. The number of piperidine rings is 1. The van der Waals surface area contributed by atoms with Crippen LogP contribution in [0.1, 0.15) is 12.8 Å². The summed E-state index contributed by atoms with van der Waals surface area (Å²) in [6.07, 6.45) is 2.15. The fraction of sp³-hybridized carbons (Fsp3) is 0.533. The predicted octanol–water partition coefficient (Wildman–Crippen LogP) is 2.39. The number of carbonyl (C=O) groups excluding carboxylic acids is 1. The van der Waals surface area contributed by atoms with Gasteiger partial charge in [-0.25, -0.2) is 0 Å². The summed E-state index contributed by atoms with van der Waals surface area (Å²) < 4.78 is 5.23. The van der Waals surface area contributed by atoms with Gasteiger partial charge < -0.3 is 15.4 Å². The van der Waals surface area contributed by atoms with Crippen molar-refractivity contribution in [2.24, 2.45) is 0 Å². The number of rotatable bonds is 5. The molecule has 2 N–H and O–H groups in total. The quantitative estimate of drug-likeness (QED) is 0.858. The Balaban J connectivity index is 0.00000242. The Kier molecular flexibility index (Phi) is 7.96. The van der Waals surface area contributed by atoms with Crippen molar-refractivity contribution in [2.45, 2.75) is 18.9 Å².